The van der Waals surface area contributed by atoms with Crippen molar-refractivity contribution in [1.82, 2.24) is 4.98 Å². The highest BCUT2D eigenvalue weighted by molar-refractivity contribution is 5.82. The molecule has 2 aromatic rings. The first-order valence-electron chi connectivity index (χ1n) is 6.44. The number of anilines is 1. The highest BCUT2D eigenvalue weighted by Crippen LogP contribution is 2.20. The van der Waals surface area contributed by atoms with Crippen molar-refractivity contribution in [1.29, 1.82) is 5.26 Å². The van der Waals surface area contributed by atoms with E-state index in [1.165, 1.54) is 0 Å². The average Bonchev–Trinajstić information content (AvgIpc) is 2.47. The number of hydrogen-bond donors (Lipinski definition) is 2. The minimum atomic E-state index is -0.0780. The summed E-state index contributed by atoms with van der Waals surface area (Å²) in [6, 6.07) is 11.5. The molecule has 5 heteroatoms. The van der Waals surface area contributed by atoms with Crippen LogP contribution in [0.25, 0.3) is 10.9 Å². The number of nitrogens with one attached hydrogen (secondary N) is 1. The predicted molar refractivity (Wildman–Crippen MR) is 77.4 cm³/mol. The van der Waals surface area contributed by atoms with Crippen LogP contribution in [0.1, 0.15) is 12.0 Å². The second-order valence-corrected chi connectivity index (χ2v) is 4.50. The number of aromatic nitrogens is 1. The van der Waals surface area contributed by atoms with Gasteiger partial charge in [-0.15, -0.1) is 0 Å². The molecule has 2 N–H and O–H groups in total. The molecule has 20 heavy (non-hydrogen) atoms. The van der Waals surface area contributed by atoms with E-state index < -0.39 is 0 Å². The van der Waals surface area contributed by atoms with Crippen molar-refractivity contribution < 1.29 is 9.84 Å². The summed E-state index contributed by atoms with van der Waals surface area (Å²) in [7, 11) is 1.60. The molecule has 0 amide bonds. The third kappa shape index (κ3) is 3.23. The van der Waals surface area contributed by atoms with Gasteiger partial charge >= 0.3 is 0 Å². The fraction of sp³-hybridized carbons (Fsp3) is 0.333. The molecule has 5 nitrogen and oxygen atoms in total. The smallest absolute Gasteiger partial charge is 0.144 e. The molecule has 1 unspecified atom stereocenters. The summed E-state index contributed by atoms with van der Waals surface area (Å²) in [6.07, 6.45) is 0.535. The minimum Gasteiger partial charge on any atom is -0.396 e. The molecule has 0 saturated carbocycles. The number of hydrogen-bond acceptors (Lipinski definition) is 5. The van der Waals surface area contributed by atoms with Gasteiger partial charge in [-0.25, -0.2) is 4.98 Å². The molecule has 0 aliphatic heterocycles. The number of fused-ring (bicyclic) bond motifs is 1. The van der Waals surface area contributed by atoms with Crippen molar-refractivity contribution in [2.75, 3.05) is 25.6 Å². The van der Waals surface area contributed by atoms with Crippen LogP contribution in [0, 0.1) is 11.3 Å². The molecule has 2 rings (SSSR count). The zero-order valence-electron chi connectivity index (χ0n) is 11.3. The number of pyridine rings is 1. The van der Waals surface area contributed by atoms with Crippen molar-refractivity contribution in [3.05, 3.63) is 35.9 Å². The molecule has 104 valence electrons. The summed E-state index contributed by atoms with van der Waals surface area (Å²) in [5.74, 6) is 0.529. The van der Waals surface area contributed by atoms with Gasteiger partial charge in [0.25, 0.3) is 0 Å². The second-order valence-electron chi connectivity index (χ2n) is 4.50. The molecule has 1 aromatic heterocycles. The molecule has 1 aromatic carbocycles. The zero-order valence-corrected chi connectivity index (χ0v) is 11.3. The Labute approximate surface area is 117 Å². The van der Waals surface area contributed by atoms with E-state index in [1.807, 2.05) is 30.3 Å². The Hall–Kier alpha value is -2.16. The maximum Gasteiger partial charge on any atom is 0.144 e. The lowest BCUT2D eigenvalue weighted by Gasteiger charge is -2.18. The molecule has 0 saturated heterocycles. The predicted octanol–water partition coefficient (Wildman–Crippen LogP) is 1.92. The van der Waals surface area contributed by atoms with Crippen LogP contribution in [-0.2, 0) is 4.74 Å². The lowest BCUT2D eigenvalue weighted by molar-refractivity contribution is 0.170. The molecule has 0 fully saturated rings. The third-order valence-corrected chi connectivity index (χ3v) is 3.03. The normalized spacial score (nSPS) is 12.1. The maximum absolute atomic E-state index is 9.24. The van der Waals surface area contributed by atoms with E-state index in [0.717, 1.165) is 10.9 Å². The summed E-state index contributed by atoms with van der Waals surface area (Å²) in [6.45, 7) is 0.496. The number of benzene rings is 1. The number of nitriles is 1. The molecule has 1 heterocycles. The molecular weight excluding hydrogens is 254 g/mol. The van der Waals surface area contributed by atoms with Crippen molar-refractivity contribution >= 4 is 16.7 Å². The van der Waals surface area contributed by atoms with E-state index >= 15 is 0 Å². The summed E-state index contributed by atoms with van der Waals surface area (Å²) in [4.78, 5) is 4.48. The summed E-state index contributed by atoms with van der Waals surface area (Å²) < 4.78 is 5.11. The Bertz CT molecular complexity index is 616. The van der Waals surface area contributed by atoms with Crippen LogP contribution in [0.15, 0.2) is 30.3 Å². The van der Waals surface area contributed by atoms with Crippen molar-refractivity contribution in [2.45, 2.75) is 12.5 Å². The number of ether oxygens (including phenoxy) is 1. The number of para-hydroxylation sites is 1. The van der Waals surface area contributed by atoms with Crippen LogP contribution in [0.5, 0.6) is 0 Å². The van der Waals surface area contributed by atoms with Crippen LogP contribution in [-0.4, -0.2) is 36.5 Å². The molecule has 0 radical (unpaired) electrons. The number of rotatable bonds is 6. The van der Waals surface area contributed by atoms with Gasteiger partial charge in [-0.1, -0.05) is 18.2 Å². The van der Waals surface area contributed by atoms with E-state index in [9.17, 15) is 5.26 Å². The summed E-state index contributed by atoms with van der Waals surface area (Å²) in [5.41, 5.74) is 1.32. The molecule has 0 spiro atoms. The third-order valence-electron chi connectivity index (χ3n) is 3.03. The van der Waals surface area contributed by atoms with E-state index in [0.29, 0.717) is 24.4 Å². The van der Waals surface area contributed by atoms with E-state index in [2.05, 4.69) is 16.4 Å². The van der Waals surface area contributed by atoms with Crippen LogP contribution in [0.4, 0.5) is 5.82 Å². The van der Waals surface area contributed by atoms with E-state index in [4.69, 9.17) is 9.84 Å². The van der Waals surface area contributed by atoms with Crippen LogP contribution >= 0.6 is 0 Å². The summed E-state index contributed by atoms with van der Waals surface area (Å²) in [5, 5.41) is 22.4. The summed E-state index contributed by atoms with van der Waals surface area (Å²) >= 11 is 0. The van der Waals surface area contributed by atoms with Gasteiger partial charge in [0.2, 0.25) is 0 Å². The van der Waals surface area contributed by atoms with Crippen LogP contribution in [0.3, 0.4) is 0 Å². The first kappa shape index (κ1) is 14.3. The fourth-order valence-electron chi connectivity index (χ4n) is 2.06. The highest BCUT2D eigenvalue weighted by Gasteiger charge is 2.12. The van der Waals surface area contributed by atoms with E-state index in [-0.39, 0.29) is 12.6 Å². The quantitative estimate of drug-likeness (QED) is 0.839. The Morgan fingerprint density at radius 1 is 1.45 bits per heavy atom. The maximum atomic E-state index is 9.24. The number of aliphatic hydroxyl groups excluding tert-OH is 1. The first-order chi connectivity index (χ1) is 9.78. The fourth-order valence-corrected chi connectivity index (χ4v) is 2.06. The average molecular weight is 271 g/mol. The van der Waals surface area contributed by atoms with Crippen molar-refractivity contribution in [3.8, 4) is 6.07 Å². The number of aliphatic hydroxyl groups is 1. The van der Waals surface area contributed by atoms with Gasteiger partial charge in [-0.05, 0) is 18.6 Å². The molecule has 0 aliphatic carbocycles. The van der Waals surface area contributed by atoms with Gasteiger partial charge in [-0.3, -0.25) is 0 Å². The number of methoxy groups -OCH3 is 1. The van der Waals surface area contributed by atoms with Gasteiger partial charge in [0.15, 0.2) is 0 Å². The first-order valence-corrected chi connectivity index (χ1v) is 6.44. The van der Waals surface area contributed by atoms with Gasteiger partial charge in [0.1, 0.15) is 11.9 Å². The Kier molecular flexibility index (Phi) is 4.88. The highest BCUT2D eigenvalue weighted by atomic mass is 16.5. The Morgan fingerprint density at radius 2 is 2.25 bits per heavy atom. The standard InChI is InChI=1S/C15H17N3O2/c1-20-10-13(6-7-19)17-15-12(9-16)8-11-4-2-3-5-14(11)18-15/h2-5,8,13,19H,6-7,10H2,1H3,(H,17,18). The van der Waals surface area contributed by atoms with Crippen molar-refractivity contribution in [2.24, 2.45) is 0 Å². The molecule has 0 bridgehead atoms. The lowest BCUT2D eigenvalue weighted by atomic mass is 10.1. The van der Waals surface area contributed by atoms with Gasteiger partial charge in [0.05, 0.1) is 23.7 Å². The van der Waals surface area contributed by atoms with Crippen LogP contribution < -0.4 is 5.32 Å². The van der Waals surface area contributed by atoms with E-state index in [1.54, 1.807) is 7.11 Å². The van der Waals surface area contributed by atoms with Gasteiger partial charge < -0.3 is 15.2 Å². The Balaban J connectivity index is 2.34. The van der Waals surface area contributed by atoms with Gasteiger partial charge in [-0.2, -0.15) is 5.26 Å². The zero-order chi connectivity index (χ0) is 14.4. The van der Waals surface area contributed by atoms with Crippen molar-refractivity contribution in [3.63, 3.8) is 0 Å². The monoisotopic (exact) mass is 271 g/mol. The van der Waals surface area contributed by atoms with Gasteiger partial charge in [0, 0.05) is 19.1 Å². The molecule has 0 aliphatic rings. The topological polar surface area (TPSA) is 78.2 Å². The largest absolute Gasteiger partial charge is 0.396 e. The molecular formula is C15H17N3O2. The van der Waals surface area contributed by atoms with Crippen LogP contribution in [0.2, 0.25) is 0 Å². The molecule has 1 atom stereocenters. The SMILES string of the molecule is COCC(CCO)Nc1nc2ccccc2cc1C#N. The minimum absolute atomic E-state index is 0.0521. The Morgan fingerprint density at radius 3 is 2.95 bits per heavy atom. The lowest BCUT2D eigenvalue weighted by Crippen LogP contribution is -2.27. The number of nitrogens with zero attached hydrogens (tertiary/aromatic N) is 2. The second kappa shape index (κ2) is 6.85.